The molecule has 2 fully saturated rings. The quantitative estimate of drug-likeness (QED) is 0.847. The molecule has 0 aromatic carbocycles. The van der Waals surface area contributed by atoms with Gasteiger partial charge in [-0.05, 0) is 44.9 Å². The van der Waals surface area contributed by atoms with E-state index in [0.717, 1.165) is 50.4 Å². The molecule has 1 saturated heterocycles. The minimum atomic E-state index is -3.02. The van der Waals surface area contributed by atoms with Crippen LogP contribution in [0.3, 0.4) is 0 Å². The van der Waals surface area contributed by atoms with E-state index < -0.39 is 10.0 Å². The molecule has 3 rings (SSSR count). The highest BCUT2D eigenvalue weighted by Crippen LogP contribution is 2.31. The Morgan fingerprint density at radius 3 is 2.65 bits per heavy atom. The van der Waals surface area contributed by atoms with Gasteiger partial charge < -0.3 is 4.42 Å². The van der Waals surface area contributed by atoms with E-state index in [1.165, 1.54) is 0 Å². The molecule has 1 aromatic rings. The van der Waals surface area contributed by atoms with Gasteiger partial charge in [-0.1, -0.05) is 0 Å². The molecule has 2 heterocycles. The van der Waals surface area contributed by atoms with Crippen LogP contribution in [0.1, 0.15) is 30.8 Å². The minimum Gasteiger partial charge on any atom is -0.465 e. The van der Waals surface area contributed by atoms with Crippen LogP contribution in [-0.2, 0) is 16.6 Å². The fourth-order valence-electron chi connectivity index (χ4n) is 2.73. The lowest BCUT2D eigenvalue weighted by atomic mass is 10.3. The molecular weight excluding hydrogens is 276 g/mol. The standard InChI is InChI=1S/C14H22N2O3S/c1-12-3-4-13(19-12)11-15-7-2-8-16(10-9-15)20(17,18)14-5-6-14/h3-4,14H,2,5-11H2,1H3. The fraction of sp³-hybridized carbons (Fsp3) is 0.714. The summed E-state index contributed by atoms with van der Waals surface area (Å²) in [5, 5.41) is -0.0956. The first-order valence-electron chi connectivity index (χ1n) is 7.32. The van der Waals surface area contributed by atoms with Crippen molar-refractivity contribution >= 4 is 10.0 Å². The molecule has 0 spiro atoms. The van der Waals surface area contributed by atoms with Crippen molar-refractivity contribution in [1.82, 2.24) is 9.21 Å². The molecule has 6 heteroatoms. The summed E-state index contributed by atoms with van der Waals surface area (Å²) >= 11 is 0. The van der Waals surface area contributed by atoms with Gasteiger partial charge in [0.1, 0.15) is 11.5 Å². The van der Waals surface area contributed by atoms with E-state index in [4.69, 9.17) is 4.42 Å². The zero-order chi connectivity index (χ0) is 14.2. The maximum atomic E-state index is 12.3. The highest BCUT2D eigenvalue weighted by molar-refractivity contribution is 7.90. The molecular formula is C14H22N2O3S. The Bertz CT molecular complexity index is 563. The van der Waals surface area contributed by atoms with Gasteiger partial charge in [-0.3, -0.25) is 4.90 Å². The van der Waals surface area contributed by atoms with Gasteiger partial charge in [0.25, 0.3) is 0 Å². The first-order valence-corrected chi connectivity index (χ1v) is 8.82. The molecule has 1 saturated carbocycles. The average Bonchev–Trinajstić information content (AvgIpc) is 3.19. The van der Waals surface area contributed by atoms with Gasteiger partial charge in [-0.25, -0.2) is 12.7 Å². The van der Waals surface area contributed by atoms with Gasteiger partial charge in [-0.15, -0.1) is 0 Å². The van der Waals surface area contributed by atoms with E-state index in [0.29, 0.717) is 13.1 Å². The number of furan rings is 1. The number of sulfonamides is 1. The zero-order valence-corrected chi connectivity index (χ0v) is 12.7. The van der Waals surface area contributed by atoms with Crippen LogP contribution in [0.25, 0.3) is 0 Å². The SMILES string of the molecule is Cc1ccc(CN2CCCN(S(=O)(=O)C3CC3)CC2)o1. The van der Waals surface area contributed by atoms with Crippen molar-refractivity contribution in [3.8, 4) is 0 Å². The Morgan fingerprint density at radius 1 is 1.20 bits per heavy atom. The maximum Gasteiger partial charge on any atom is 0.217 e. The van der Waals surface area contributed by atoms with E-state index in [-0.39, 0.29) is 5.25 Å². The second kappa shape index (κ2) is 5.50. The summed E-state index contributed by atoms with van der Waals surface area (Å²) in [6.45, 7) is 5.69. The van der Waals surface area contributed by atoms with Crippen LogP contribution in [0.2, 0.25) is 0 Å². The van der Waals surface area contributed by atoms with Crippen molar-refractivity contribution in [1.29, 1.82) is 0 Å². The Morgan fingerprint density at radius 2 is 2.00 bits per heavy atom. The van der Waals surface area contributed by atoms with Crippen LogP contribution in [0.4, 0.5) is 0 Å². The van der Waals surface area contributed by atoms with Gasteiger partial charge in [0.05, 0.1) is 11.8 Å². The van der Waals surface area contributed by atoms with Gasteiger partial charge in [0, 0.05) is 19.6 Å². The molecule has 2 aliphatic rings. The third-order valence-corrected chi connectivity index (χ3v) is 6.43. The third-order valence-electron chi connectivity index (χ3n) is 4.03. The predicted molar refractivity (Wildman–Crippen MR) is 76.9 cm³/mol. The summed E-state index contributed by atoms with van der Waals surface area (Å²) in [5.41, 5.74) is 0. The van der Waals surface area contributed by atoms with E-state index >= 15 is 0 Å². The highest BCUT2D eigenvalue weighted by atomic mass is 32.2. The van der Waals surface area contributed by atoms with Gasteiger partial charge >= 0.3 is 0 Å². The van der Waals surface area contributed by atoms with E-state index in [2.05, 4.69) is 4.90 Å². The van der Waals surface area contributed by atoms with Crippen molar-refractivity contribution in [2.45, 2.75) is 38.0 Å². The highest BCUT2D eigenvalue weighted by Gasteiger charge is 2.40. The van der Waals surface area contributed by atoms with Crippen LogP contribution in [0.15, 0.2) is 16.5 Å². The topological polar surface area (TPSA) is 53.8 Å². The number of nitrogens with zero attached hydrogens (tertiary/aromatic N) is 2. The van der Waals surface area contributed by atoms with Gasteiger partial charge in [0.2, 0.25) is 10.0 Å². The van der Waals surface area contributed by atoms with E-state index in [1.807, 2.05) is 19.1 Å². The Kier molecular flexibility index (Phi) is 3.88. The summed E-state index contributed by atoms with van der Waals surface area (Å²) < 4.78 is 31.8. The lowest BCUT2D eigenvalue weighted by molar-refractivity contribution is 0.253. The van der Waals surface area contributed by atoms with Crippen LogP contribution in [-0.4, -0.2) is 49.1 Å². The number of hydrogen-bond donors (Lipinski definition) is 0. The second-order valence-electron chi connectivity index (χ2n) is 5.79. The largest absolute Gasteiger partial charge is 0.465 e. The van der Waals surface area contributed by atoms with Gasteiger partial charge in [0.15, 0.2) is 0 Å². The first kappa shape index (κ1) is 14.1. The smallest absolute Gasteiger partial charge is 0.217 e. The molecule has 5 nitrogen and oxygen atoms in total. The van der Waals surface area contributed by atoms with Gasteiger partial charge in [-0.2, -0.15) is 0 Å². The molecule has 112 valence electrons. The van der Waals surface area contributed by atoms with E-state index in [1.54, 1.807) is 4.31 Å². The van der Waals surface area contributed by atoms with Crippen molar-refractivity contribution in [2.75, 3.05) is 26.2 Å². The third kappa shape index (κ3) is 3.07. The van der Waals surface area contributed by atoms with Crippen LogP contribution >= 0.6 is 0 Å². The van der Waals surface area contributed by atoms with Crippen LogP contribution < -0.4 is 0 Å². The molecule has 0 bridgehead atoms. The van der Waals surface area contributed by atoms with Crippen LogP contribution in [0.5, 0.6) is 0 Å². The predicted octanol–water partition coefficient (Wildman–Crippen LogP) is 1.59. The summed E-state index contributed by atoms with van der Waals surface area (Å²) in [4.78, 5) is 2.28. The van der Waals surface area contributed by atoms with E-state index in [9.17, 15) is 8.42 Å². The minimum absolute atomic E-state index is 0.0956. The molecule has 0 amide bonds. The molecule has 0 radical (unpaired) electrons. The molecule has 20 heavy (non-hydrogen) atoms. The van der Waals surface area contributed by atoms with Crippen molar-refractivity contribution in [3.63, 3.8) is 0 Å². The summed E-state index contributed by atoms with van der Waals surface area (Å²) in [6, 6.07) is 3.97. The number of rotatable bonds is 4. The van der Waals surface area contributed by atoms with Crippen molar-refractivity contribution in [3.05, 3.63) is 23.7 Å². The normalized spacial score (nSPS) is 22.9. The molecule has 0 unspecified atom stereocenters. The van der Waals surface area contributed by atoms with Crippen molar-refractivity contribution in [2.24, 2.45) is 0 Å². The maximum absolute atomic E-state index is 12.3. The Hall–Kier alpha value is -0.850. The molecule has 0 atom stereocenters. The zero-order valence-electron chi connectivity index (χ0n) is 11.9. The molecule has 0 N–H and O–H groups in total. The molecule has 1 aromatic heterocycles. The fourth-order valence-corrected chi connectivity index (χ4v) is 4.60. The molecule has 1 aliphatic heterocycles. The Balaban J connectivity index is 1.59. The number of aryl methyl sites for hydroxylation is 1. The summed E-state index contributed by atoms with van der Waals surface area (Å²) in [5.74, 6) is 1.88. The molecule has 1 aliphatic carbocycles. The first-order chi connectivity index (χ1) is 9.55. The van der Waals surface area contributed by atoms with Crippen molar-refractivity contribution < 1.29 is 12.8 Å². The monoisotopic (exact) mass is 298 g/mol. The summed E-state index contributed by atoms with van der Waals surface area (Å²) in [6.07, 6.45) is 2.58. The lowest BCUT2D eigenvalue weighted by Gasteiger charge is -2.21. The Labute approximate surface area is 120 Å². The van der Waals surface area contributed by atoms with Crippen LogP contribution in [0, 0.1) is 6.92 Å². The lowest BCUT2D eigenvalue weighted by Crippen LogP contribution is -2.37. The average molecular weight is 298 g/mol. The number of hydrogen-bond acceptors (Lipinski definition) is 4. The second-order valence-corrected chi connectivity index (χ2v) is 8.00. The summed E-state index contributed by atoms with van der Waals surface area (Å²) in [7, 11) is -3.02.